The molecule has 0 saturated heterocycles. The standard InChI is InChI=1S/C15H20N2OS/c1-15(2,3)16-10-13-9-14(17-19-13)11-5-7-12(18-4)8-6-11/h5-9,16H,10H2,1-4H3. The van der Waals surface area contributed by atoms with Crippen LogP contribution in [-0.2, 0) is 6.54 Å². The quantitative estimate of drug-likeness (QED) is 0.924. The maximum absolute atomic E-state index is 5.16. The normalized spacial score (nSPS) is 11.6. The number of aromatic nitrogens is 1. The fourth-order valence-electron chi connectivity index (χ4n) is 1.65. The Morgan fingerprint density at radius 3 is 2.47 bits per heavy atom. The van der Waals surface area contributed by atoms with Gasteiger partial charge in [0, 0.05) is 22.5 Å². The van der Waals surface area contributed by atoms with Gasteiger partial charge in [-0.1, -0.05) is 0 Å². The highest BCUT2D eigenvalue weighted by atomic mass is 32.1. The molecule has 19 heavy (non-hydrogen) atoms. The van der Waals surface area contributed by atoms with Crippen molar-refractivity contribution < 1.29 is 4.74 Å². The molecule has 0 bridgehead atoms. The lowest BCUT2D eigenvalue weighted by Gasteiger charge is -2.19. The van der Waals surface area contributed by atoms with Gasteiger partial charge in [-0.15, -0.1) is 0 Å². The maximum Gasteiger partial charge on any atom is 0.118 e. The summed E-state index contributed by atoms with van der Waals surface area (Å²) in [7, 11) is 1.67. The van der Waals surface area contributed by atoms with E-state index in [2.05, 4.69) is 36.5 Å². The second kappa shape index (κ2) is 5.72. The minimum absolute atomic E-state index is 0.129. The summed E-state index contributed by atoms with van der Waals surface area (Å²) in [6.07, 6.45) is 0. The lowest BCUT2D eigenvalue weighted by atomic mass is 10.1. The van der Waals surface area contributed by atoms with E-state index in [1.807, 2.05) is 24.3 Å². The van der Waals surface area contributed by atoms with Crippen LogP contribution < -0.4 is 10.1 Å². The zero-order valence-electron chi connectivity index (χ0n) is 11.9. The molecular weight excluding hydrogens is 256 g/mol. The highest BCUT2D eigenvalue weighted by molar-refractivity contribution is 7.06. The third kappa shape index (κ3) is 4.04. The van der Waals surface area contributed by atoms with Gasteiger partial charge < -0.3 is 10.1 Å². The lowest BCUT2D eigenvalue weighted by Crippen LogP contribution is -2.34. The van der Waals surface area contributed by atoms with E-state index >= 15 is 0 Å². The molecule has 4 heteroatoms. The minimum Gasteiger partial charge on any atom is -0.497 e. The summed E-state index contributed by atoms with van der Waals surface area (Å²) in [6.45, 7) is 7.35. The van der Waals surface area contributed by atoms with Gasteiger partial charge in [0.2, 0.25) is 0 Å². The third-order valence-electron chi connectivity index (χ3n) is 2.74. The number of ether oxygens (including phenoxy) is 1. The average molecular weight is 276 g/mol. The molecule has 0 unspecified atom stereocenters. The van der Waals surface area contributed by atoms with Crippen molar-refractivity contribution in [1.82, 2.24) is 9.69 Å². The summed E-state index contributed by atoms with van der Waals surface area (Å²) in [5.74, 6) is 0.869. The van der Waals surface area contributed by atoms with Crippen LogP contribution in [0.15, 0.2) is 30.3 Å². The maximum atomic E-state index is 5.16. The summed E-state index contributed by atoms with van der Waals surface area (Å²) in [5, 5.41) is 3.47. The second-order valence-corrected chi connectivity index (χ2v) is 6.40. The van der Waals surface area contributed by atoms with Crippen LogP contribution in [0.3, 0.4) is 0 Å². The Kier molecular flexibility index (Phi) is 4.22. The molecule has 1 aromatic heterocycles. The van der Waals surface area contributed by atoms with Crippen LogP contribution in [0.5, 0.6) is 5.75 Å². The van der Waals surface area contributed by atoms with Crippen molar-refractivity contribution in [3.8, 4) is 17.0 Å². The first-order valence-electron chi connectivity index (χ1n) is 6.33. The summed E-state index contributed by atoms with van der Waals surface area (Å²) in [6, 6.07) is 10.1. The summed E-state index contributed by atoms with van der Waals surface area (Å²) in [5.41, 5.74) is 2.28. The van der Waals surface area contributed by atoms with Crippen molar-refractivity contribution in [2.75, 3.05) is 7.11 Å². The van der Waals surface area contributed by atoms with E-state index in [4.69, 9.17) is 4.74 Å². The molecule has 0 saturated carbocycles. The van der Waals surface area contributed by atoms with Gasteiger partial charge in [-0.3, -0.25) is 0 Å². The number of methoxy groups -OCH3 is 1. The average Bonchev–Trinajstić information content (AvgIpc) is 2.84. The number of hydrogen-bond acceptors (Lipinski definition) is 4. The van der Waals surface area contributed by atoms with E-state index in [0.29, 0.717) is 0 Å². The highest BCUT2D eigenvalue weighted by Gasteiger charge is 2.10. The Morgan fingerprint density at radius 1 is 1.21 bits per heavy atom. The largest absolute Gasteiger partial charge is 0.497 e. The molecule has 2 aromatic rings. The van der Waals surface area contributed by atoms with E-state index in [1.165, 1.54) is 4.88 Å². The molecule has 0 spiro atoms. The van der Waals surface area contributed by atoms with Gasteiger partial charge in [-0.05, 0) is 62.6 Å². The summed E-state index contributed by atoms with van der Waals surface area (Å²) >= 11 is 1.55. The topological polar surface area (TPSA) is 34.1 Å². The SMILES string of the molecule is COc1ccc(-c2cc(CNC(C)(C)C)sn2)cc1. The lowest BCUT2D eigenvalue weighted by molar-refractivity contribution is 0.415. The molecule has 0 aliphatic rings. The van der Waals surface area contributed by atoms with E-state index in [1.54, 1.807) is 18.6 Å². The Morgan fingerprint density at radius 2 is 1.89 bits per heavy atom. The fourth-order valence-corrected chi connectivity index (χ4v) is 2.32. The van der Waals surface area contributed by atoms with Crippen molar-refractivity contribution in [1.29, 1.82) is 0 Å². The zero-order valence-corrected chi connectivity index (χ0v) is 12.7. The molecule has 102 valence electrons. The summed E-state index contributed by atoms with van der Waals surface area (Å²) in [4.78, 5) is 1.25. The van der Waals surface area contributed by atoms with Gasteiger partial charge >= 0.3 is 0 Å². The van der Waals surface area contributed by atoms with Gasteiger partial charge in [-0.2, -0.15) is 4.37 Å². The number of nitrogens with zero attached hydrogens (tertiary/aromatic N) is 1. The Hall–Kier alpha value is -1.39. The molecule has 0 fully saturated rings. The first-order chi connectivity index (χ1) is 8.98. The van der Waals surface area contributed by atoms with Gasteiger partial charge in [0.15, 0.2) is 0 Å². The van der Waals surface area contributed by atoms with Crippen molar-refractivity contribution in [2.24, 2.45) is 0 Å². The monoisotopic (exact) mass is 276 g/mol. The Labute approximate surface area is 118 Å². The number of rotatable bonds is 4. The third-order valence-corrected chi connectivity index (χ3v) is 3.52. The first-order valence-corrected chi connectivity index (χ1v) is 7.10. The number of hydrogen-bond donors (Lipinski definition) is 1. The van der Waals surface area contributed by atoms with Crippen LogP contribution in [0.25, 0.3) is 11.3 Å². The molecule has 2 rings (SSSR count). The van der Waals surface area contributed by atoms with Crippen LogP contribution in [0.2, 0.25) is 0 Å². The molecular formula is C15H20N2OS. The molecule has 1 N–H and O–H groups in total. The van der Waals surface area contributed by atoms with Crippen molar-refractivity contribution in [3.05, 3.63) is 35.2 Å². The van der Waals surface area contributed by atoms with E-state index in [-0.39, 0.29) is 5.54 Å². The molecule has 0 atom stereocenters. The number of benzene rings is 1. The van der Waals surface area contributed by atoms with Crippen LogP contribution in [-0.4, -0.2) is 17.0 Å². The van der Waals surface area contributed by atoms with Gasteiger partial charge in [0.25, 0.3) is 0 Å². The van der Waals surface area contributed by atoms with Crippen LogP contribution in [0.1, 0.15) is 25.6 Å². The minimum atomic E-state index is 0.129. The van der Waals surface area contributed by atoms with Gasteiger partial charge in [-0.25, -0.2) is 0 Å². The molecule has 0 aliphatic heterocycles. The second-order valence-electron chi connectivity index (χ2n) is 5.51. The van der Waals surface area contributed by atoms with Gasteiger partial charge in [0.1, 0.15) is 5.75 Å². The fraction of sp³-hybridized carbons (Fsp3) is 0.400. The van der Waals surface area contributed by atoms with Crippen molar-refractivity contribution in [2.45, 2.75) is 32.9 Å². The van der Waals surface area contributed by atoms with Crippen molar-refractivity contribution >= 4 is 11.5 Å². The zero-order chi connectivity index (χ0) is 13.9. The van der Waals surface area contributed by atoms with E-state index in [0.717, 1.165) is 23.6 Å². The smallest absolute Gasteiger partial charge is 0.118 e. The first kappa shape index (κ1) is 14.0. The molecule has 0 amide bonds. The number of nitrogens with one attached hydrogen (secondary N) is 1. The predicted molar refractivity (Wildman–Crippen MR) is 80.7 cm³/mol. The van der Waals surface area contributed by atoms with Crippen LogP contribution >= 0.6 is 11.5 Å². The van der Waals surface area contributed by atoms with Crippen molar-refractivity contribution in [3.63, 3.8) is 0 Å². The molecule has 1 heterocycles. The Balaban J connectivity index is 2.07. The molecule has 0 aliphatic carbocycles. The van der Waals surface area contributed by atoms with Crippen LogP contribution in [0.4, 0.5) is 0 Å². The van der Waals surface area contributed by atoms with E-state index < -0.39 is 0 Å². The highest BCUT2D eigenvalue weighted by Crippen LogP contribution is 2.24. The molecule has 0 radical (unpaired) electrons. The van der Waals surface area contributed by atoms with Gasteiger partial charge in [0.05, 0.1) is 12.8 Å². The molecule has 1 aromatic carbocycles. The van der Waals surface area contributed by atoms with Crippen LogP contribution in [0, 0.1) is 0 Å². The summed E-state index contributed by atoms with van der Waals surface area (Å²) < 4.78 is 9.66. The predicted octanol–water partition coefficient (Wildman–Crippen LogP) is 3.71. The Bertz CT molecular complexity index is 526. The van der Waals surface area contributed by atoms with E-state index in [9.17, 15) is 0 Å². The molecule has 3 nitrogen and oxygen atoms in total.